The molecule has 0 aromatic heterocycles. The van der Waals surface area contributed by atoms with Crippen LogP contribution in [0.2, 0.25) is 0 Å². The number of carbonyl (C=O) groups excluding carboxylic acids is 1. The summed E-state index contributed by atoms with van der Waals surface area (Å²) in [4.78, 5) is 23.1. The number of rotatable bonds is 2. The van der Waals surface area contributed by atoms with E-state index in [1.54, 1.807) is 0 Å². The summed E-state index contributed by atoms with van der Waals surface area (Å²) in [6.45, 7) is -0.254. The lowest BCUT2D eigenvalue weighted by molar-refractivity contribution is -0.141. The Bertz CT molecular complexity index is 533. The summed E-state index contributed by atoms with van der Waals surface area (Å²) in [7, 11) is 0. The van der Waals surface area contributed by atoms with E-state index in [9.17, 15) is 22.8 Å². The predicted octanol–water partition coefficient (Wildman–Crippen LogP) is 1.54. The van der Waals surface area contributed by atoms with Gasteiger partial charge in [0.1, 0.15) is 0 Å². The second kappa shape index (κ2) is 4.32. The Kier molecular flexibility index (Phi) is 2.98. The lowest BCUT2D eigenvalue weighted by Gasteiger charge is -2.17. The smallest absolute Gasteiger partial charge is 0.308 e. The number of aliphatic carboxylic acids is 1. The van der Waals surface area contributed by atoms with Crippen molar-refractivity contribution in [1.29, 1.82) is 0 Å². The molecule has 1 N–H and O–H groups in total. The molecule has 1 amide bonds. The van der Waals surface area contributed by atoms with Gasteiger partial charge in [0.25, 0.3) is 0 Å². The van der Waals surface area contributed by atoms with Crippen molar-refractivity contribution in [3.8, 4) is 0 Å². The monoisotopic (exact) mass is 259 g/mol. The molecule has 4 nitrogen and oxygen atoms in total. The molecule has 1 atom stereocenters. The van der Waals surface area contributed by atoms with Gasteiger partial charge in [0.2, 0.25) is 5.91 Å². The van der Waals surface area contributed by atoms with E-state index in [1.807, 2.05) is 0 Å². The number of carbonyl (C=O) groups is 2. The highest BCUT2D eigenvalue weighted by atomic mass is 19.2. The molecule has 0 saturated carbocycles. The zero-order valence-electron chi connectivity index (χ0n) is 8.99. The molecule has 2 rings (SSSR count). The van der Waals surface area contributed by atoms with Gasteiger partial charge in [-0.25, -0.2) is 13.2 Å². The molecule has 96 valence electrons. The quantitative estimate of drug-likeness (QED) is 0.819. The summed E-state index contributed by atoms with van der Waals surface area (Å²) < 4.78 is 39.2. The van der Waals surface area contributed by atoms with E-state index >= 15 is 0 Å². The van der Waals surface area contributed by atoms with E-state index in [2.05, 4.69) is 0 Å². The lowest BCUT2D eigenvalue weighted by atomic mass is 10.1. The van der Waals surface area contributed by atoms with Crippen LogP contribution in [0.15, 0.2) is 12.1 Å². The number of carboxylic acids is 1. The Hall–Kier alpha value is -2.05. The number of carboxylic acid groups (broad SMARTS) is 1. The molecule has 0 unspecified atom stereocenters. The van der Waals surface area contributed by atoms with Crippen molar-refractivity contribution in [2.75, 3.05) is 11.4 Å². The third-order valence-electron chi connectivity index (χ3n) is 2.78. The topological polar surface area (TPSA) is 57.6 Å². The van der Waals surface area contributed by atoms with Gasteiger partial charge < -0.3 is 10.0 Å². The standard InChI is InChI=1S/C11H8F3NO3/c12-6-1-2-7(10(14)9(6)13)15-4-5(11(17)18)3-8(15)16/h1-2,5H,3-4H2,(H,17,18)/t5-/m0/s1. The lowest BCUT2D eigenvalue weighted by Crippen LogP contribution is -2.27. The van der Waals surface area contributed by atoms with Gasteiger partial charge in [0.05, 0.1) is 11.6 Å². The molecule has 1 heterocycles. The van der Waals surface area contributed by atoms with Crippen LogP contribution in [0.25, 0.3) is 0 Å². The van der Waals surface area contributed by atoms with E-state index in [4.69, 9.17) is 5.11 Å². The first-order valence-electron chi connectivity index (χ1n) is 5.08. The summed E-state index contributed by atoms with van der Waals surface area (Å²) in [5.41, 5.74) is -0.442. The van der Waals surface area contributed by atoms with Gasteiger partial charge >= 0.3 is 5.97 Å². The van der Waals surface area contributed by atoms with Crippen molar-refractivity contribution in [3.05, 3.63) is 29.6 Å². The molecule has 1 aliphatic rings. The largest absolute Gasteiger partial charge is 0.481 e. The normalized spacial score (nSPS) is 19.4. The second-order valence-electron chi connectivity index (χ2n) is 3.94. The minimum Gasteiger partial charge on any atom is -0.481 e. The number of hydrogen-bond acceptors (Lipinski definition) is 2. The number of benzene rings is 1. The molecule has 0 bridgehead atoms. The first kappa shape index (κ1) is 12.4. The van der Waals surface area contributed by atoms with Gasteiger partial charge in [-0.1, -0.05) is 0 Å². The molecule has 0 radical (unpaired) electrons. The molecule has 1 saturated heterocycles. The Morgan fingerprint density at radius 2 is 1.94 bits per heavy atom. The Morgan fingerprint density at radius 1 is 1.28 bits per heavy atom. The Labute approximate surface area is 99.6 Å². The molecule has 7 heteroatoms. The SMILES string of the molecule is O=C(O)[C@H]1CC(=O)N(c2ccc(F)c(F)c2F)C1. The van der Waals surface area contributed by atoms with E-state index in [1.165, 1.54) is 0 Å². The number of hydrogen-bond donors (Lipinski definition) is 1. The number of anilines is 1. The molecule has 0 aliphatic carbocycles. The van der Waals surface area contributed by atoms with Crippen LogP contribution >= 0.6 is 0 Å². The number of amides is 1. The van der Waals surface area contributed by atoms with Crippen molar-refractivity contribution in [1.82, 2.24) is 0 Å². The fraction of sp³-hybridized carbons (Fsp3) is 0.273. The maximum absolute atomic E-state index is 13.5. The molecule has 0 spiro atoms. The fourth-order valence-electron chi connectivity index (χ4n) is 1.83. The average molecular weight is 259 g/mol. The highest BCUT2D eigenvalue weighted by molar-refractivity contribution is 5.99. The first-order chi connectivity index (χ1) is 8.41. The summed E-state index contributed by atoms with van der Waals surface area (Å²) in [6, 6.07) is 1.60. The molecule has 1 fully saturated rings. The zero-order chi connectivity index (χ0) is 13.4. The average Bonchev–Trinajstić information content (AvgIpc) is 2.69. The van der Waals surface area contributed by atoms with Crippen LogP contribution in [0.4, 0.5) is 18.9 Å². The minimum absolute atomic E-state index is 0.254. The summed E-state index contributed by atoms with van der Waals surface area (Å²) >= 11 is 0. The first-order valence-corrected chi connectivity index (χ1v) is 5.08. The van der Waals surface area contributed by atoms with Crippen molar-refractivity contribution in [2.24, 2.45) is 5.92 Å². The minimum atomic E-state index is -1.68. The van der Waals surface area contributed by atoms with Crippen LogP contribution in [0, 0.1) is 23.4 Å². The predicted molar refractivity (Wildman–Crippen MR) is 54.4 cm³/mol. The molecule has 1 aromatic rings. The van der Waals surface area contributed by atoms with Crippen molar-refractivity contribution in [2.45, 2.75) is 6.42 Å². The van der Waals surface area contributed by atoms with Gasteiger partial charge in [-0.3, -0.25) is 9.59 Å². The molecular formula is C11H8F3NO3. The van der Waals surface area contributed by atoms with E-state index in [0.717, 1.165) is 11.0 Å². The van der Waals surface area contributed by atoms with Crippen molar-refractivity contribution >= 4 is 17.6 Å². The van der Waals surface area contributed by atoms with Gasteiger partial charge in [-0.2, -0.15) is 0 Å². The van der Waals surface area contributed by atoms with Gasteiger partial charge in [-0.15, -0.1) is 0 Å². The number of halogens is 3. The number of nitrogens with zero attached hydrogens (tertiary/aromatic N) is 1. The van der Waals surface area contributed by atoms with Crippen LogP contribution in [-0.2, 0) is 9.59 Å². The summed E-state index contributed by atoms with van der Waals surface area (Å²) in [5.74, 6) is -7.32. The Morgan fingerprint density at radius 3 is 2.50 bits per heavy atom. The maximum Gasteiger partial charge on any atom is 0.308 e. The summed E-state index contributed by atoms with van der Waals surface area (Å²) in [6.07, 6.45) is -0.284. The molecule has 1 aromatic carbocycles. The van der Waals surface area contributed by atoms with Gasteiger partial charge in [-0.05, 0) is 12.1 Å². The van der Waals surface area contributed by atoms with Crippen LogP contribution in [0.1, 0.15) is 6.42 Å². The highest BCUT2D eigenvalue weighted by Crippen LogP contribution is 2.29. The maximum atomic E-state index is 13.5. The van der Waals surface area contributed by atoms with Crippen LogP contribution < -0.4 is 4.90 Å². The highest BCUT2D eigenvalue weighted by Gasteiger charge is 2.36. The van der Waals surface area contributed by atoms with Crippen LogP contribution in [0.5, 0.6) is 0 Å². The third kappa shape index (κ3) is 1.92. The van der Waals surface area contributed by atoms with Gasteiger partial charge in [0.15, 0.2) is 17.5 Å². The van der Waals surface area contributed by atoms with Gasteiger partial charge in [0, 0.05) is 13.0 Å². The summed E-state index contributed by atoms with van der Waals surface area (Å²) in [5, 5.41) is 8.76. The van der Waals surface area contributed by atoms with Crippen molar-refractivity contribution in [3.63, 3.8) is 0 Å². The van der Waals surface area contributed by atoms with E-state index < -0.39 is 40.9 Å². The molecule has 1 aliphatic heterocycles. The molecule has 18 heavy (non-hydrogen) atoms. The van der Waals surface area contributed by atoms with E-state index in [-0.39, 0.29) is 13.0 Å². The second-order valence-corrected chi connectivity index (χ2v) is 3.94. The van der Waals surface area contributed by atoms with Crippen LogP contribution in [-0.4, -0.2) is 23.5 Å². The van der Waals surface area contributed by atoms with Crippen molar-refractivity contribution < 1.29 is 27.9 Å². The van der Waals surface area contributed by atoms with E-state index in [0.29, 0.717) is 6.07 Å². The fourth-order valence-corrected chi connectivity index (χ4v) is 1.83. The third-order valence-corrected chi connectivity index (χ3v) is 2.78. The molecular weight excluding hydrogens is 251 g/mol. The Balaban J connectivity index is 2.36. The van der Waals surface area contributed by atoms with Crippen LogP contribution in [0.3, 0.4) is 0 Å². The zero-order valence-corrected chi connectivity index (χ0v) is 8.99.